The molecular weight excluding hydrogens is 236 g/mol. The lowest BCUT2D eigenvalue weighted by atomic mass is 10.1. The number of fused-ring (bicyclic) bond motifs is 1. The summed E-state index contributed by atoms with van der Waals surface area (Å²) in [6.45, 7) is 1.46. The average molecular weight is 251 g/mol. The van der Waals surface area contributed by atoms with Crippen molar-refractivity contribution in [2.75, 3.05) is 13.2 Å². The van der Waals surface area contributed by atoms with E-state index in [4.69, 9.17) is 21.1 Å². The number of hydrogen-bond acceptors (Lipinski definition) is 2. The van der Waals surface area contributed by atoms with Crippen molar-refractivity contribution in [1.82, 2.24) is 0 Å². The molecule has 1 heterocycles. The second kappa shape index (κ2) is 4.61. The first kappa shape index (κ1) is 11.0. The van der Waals surface area contributed by atoms with E-state index >= 15 is 0 Å². The predicted molar refractivity (Wildman–Crippen MR) is 68.9 cm³/mol. The van der Waals surface area contributed by atoms with Gasteiger partial charge in [0.05, 0.1) is 18.6 Å². The van der Waals surface area contributed by atoms with Crippen LogP contribution >= 0.6 is 11.6 Å². The van der Waals surface area contributed by atoms with E-state index in [1.807, 2.05) is 6.07 Å². The van der Waals surface area contributed by atoms with Crippen molar-refractivity contribution >= 4 is 17.2 Å². The number of allylic oxidation sites excluding steroid dienone is 2. The van der Waals surface area contributed by atoms with Gasteiger partial charge in [0.2, 0.25) is 0 Å². The SMILES string of the molecule is ClC1C=C(c2ccc3c(c2)OCCCO3)CC1. The van der Waals surface area contributed by atoms with E-state index < -0.39 is 0 Å². The molecule has 3 rings (SSSR count). The maximum Gasteiger partial charge on any atom is 0.161 e. The highest BCUT2D eigenvalue weighted by molar-refractivity contribution is 6.22. The van der Waals surface area contributed by atoms with Crippen LogP contribution < -0.4 is 9.47 Å². The van der Waals surface area contributed by atoms with E-state index in [0.29, 0.717) is 0 Å². The van der Waals surface area contributed by atoms with Crippen molar-refractivity contribution in [2.24, 2.45) is 0 Å². The third-order valence-corrected chi connectivity index (χ3v) is 3.53. The minimum absolute atomic E-state index is 0.181. The van der Waals surface area contributed by atoms with Crippen molar-refractivity contribution < 1.29 is 9.47 Å². The molecule has 2 nitrogen and oxygen atoms in total. The Bertz CT molecular complexity index is 454. The molecule has 1 aromatic carbocycles. The van der Waals surface area contributed by atoms with Gasteiger partial charge >= 0.3 is 0 Å². The van der Waals surface area contributed by atoms with Gasteiger partial charge < -0.3 is 9.47 Å². The summed E-state index contributed by atoms with van der Waals surface area (Å²) in [6.07, 6.45) is 5.16. The fourth-order valence-corrected chi connectivity index (χ4v) is 2.54. The van der Waals surface area contributed by atoms with E-state index in [1.54, 1.807) is 0 Å². The molecule has 1 atom stereocenters. The molecule has 0 saturated heterocycles. The van der Waals surface area contributed by atoms with Crippen LogP contribution in [0, 0.1) is 0 Å². The van der Waals surface area contributed by atoms with Crippen LogP contribution in [0.5, 0.6) is 11.5 Å². The average Bonchev–Trinajstić information content (AvgIpc) is 2.64. The maximum absolute atomic E-state index is 6.09. The van der Waals surface area contributed by atoms with Crippen LogP contribution in [0.2, 0.25) is 0 Å². The smallest absolute Gasteiger partial charge is 0.161 e. The number of hydrogen-bond donors (Lipinski definition) is 0. The standard InChI is InChI=1S/C14H15ClO2/c15-12-4-2-10(8-12)11-3-5-13-14(9-11)17-7-1-6-16-13/h3,5,8-9,12H,1-2,4,6-7H2. The van der Waals surface area contributed by atoms with E-state index in [9.17, 15) is 0 Å². The Morgan fingerprint density at radius 3 is 2.71 bits per heavy atom. The summed E-state index contributed by atoms with van der Waals surface area (Å²) in [6, 6.07) is 6.16. The summed E-state index contributed by atoms with van der Waals surface area (Å²) in [5.74, 6) is 1.71. The highest BCUT2D eigenvalue weighted by Gasteiger charge is 2.17. The van der Waals surface area contributed by atoms with Crippen molar-refractivity contribution in [3.8, 4) is 11.5 Å². The summed E-state index contributed by atoms with van der Waals surface area (Å²) < 4.78 is 11.3. The van der Waals surface area contributed by atoms with Gasteiger partial charge in [0, 0.05) is 6.42 Å². The van der Waals surface area contributed by atoms with Gasteiger partial charge in [0.15, 0.2) is 11.5 Å². The second-order valence-electron chi connectivity index (χ2n) is 4.46. The van der Waals surface area contributed by atoms with Crippen molar-refractivity contribution in [3.05, 3.63) is 29.8 Å². The van der Waals surface area contributed by atoms with Gasteiger partial charge in [-0.2, -0.15) is 0 Å². The predicted octanol–water partition coefficient (Wildman–Crippen LogP) is 3.63. The Kier molecular flexibility index (Phi) is 2.98. The molecule has 0 N–H and O–H groups in total. The molecule has 1 aliphatic carbocycles. The van der Waals surface area contributed by atoms with Gasteiger partial charge in [0.1, 0.15) is 0 Å². The number of rotatable bonds is 1. The van der Waals surface area contributed by atoms with Crippen LogP contribution in [0.3, 0.4) is 0 Å². The van der Waals surface area contributed by atoms with E-state index in [1.165, 1.54) is 11.1 Å². The summed E-state index contributed by atoms with van der Waals surface area (Å²) in [5, 5.41) is 0.181. The van der Waals surface area contributed by atoms with Gasteiger partial charge in [-0.3, -0.25) is 0 Å². The Morgan fingerprint density at radius 2 is 1.94 bits per heavy atom. The molecular formula is C14H15ClO2. The molecule has 90 valence electrons. The largest absolute Gasteiger partial charge is 0.490 e. The first-order chi connectivity index (χ1) is 8.33. The zero-order chi connectivity index (χ0) is 11.7. The van der Waals surface area contributed by atoms with Gasteiger partial charge in [-0.15, -0.1) is 11.6 Å². The van der Waals surface area contributed by atoms with E-state index in [-0.39, 0.29) is 5.38 Å². The van der Waals surface area contributed by atoms with Crippen LogP contribution in [0.4, 0.5) is 0 Å². The molecule has 0 spiro atoms. The molecule has 1 unspecified atom stereocenters. The minimum Gasteiger partial charge on any atom is -0.490 e. The number of halogens is 1. The molecule has 0 bridgehead atoms. The van der Waals surface area contributed by atoms with Crippen molar-refractivity contribution in [3.63, 3.8) is 0 Å². The van der Waals surface area contributed by atoms with Gasteiger partial charge in [-0.1, -0.05) is 12.1 Å². The molecule has 0 saturated carbocycles. The first-order valence-electron chi connectivity index (χ1n) is 6.08. The molecule has 0 radical (unpaired) electrons. The van der Waals surface area contributed by atoms with Gasteiger partial charge in [-0.05, 0) is 36.1 Å². The van der Waals surface area contributed by atoms with Crippen LogP contribution in [0.15, 0.2) is 24.3 Å². The fraction of sp³-hybridized carbons (Fsp3) is 0.429. The molecule has 1 aromatic rings. The lowest BCUT2D eigenvalue weighted by Crippen LogP contribution is -1.97. The highest BCUT2D eigenvalue weighted by Crippen LogP contribution is 2.36. The minimum atomic E-state index is 0.181. The fourth-order valence-electron chi connectivity index (χ4n) is 2.28. The molecule has 0 fully saturated rings. The van der Waals surface area contributed by atoms with E-state index in [2.05, 4.69) is 18.2 Å². The summed E-state index contributed by atoms with van der Waals surface area (Å²) in [5.41, 5.74) is 2.53. The zero-order valence-corrected chi connectivity index (χ0v) is 10.4. The summed E-state index contributed by atoms with van der Waals surface area (Å²) in [4.78, 5) is 0. The van der Waals surface area contributed by atoms with Gasteiger partial charge in [0.25, 0.3) is 0 Å². The van der Waals surface area contributed by atoms with Gasteiger partial charge in [-0.25, -0.2) is 0 Å². The van der Waals surface area contributed by atoms with Crippen molar-refractivity contribution in [2.45, 2.75) is 24.6 Å². The normalized spacial score (nSPS) is 23.1. The topological polar surface area (TPSA) is 18.5 Å². The van der Waals surface area contributed by atoms with Crippen LogP contribution in [0.1, 0.15) is 24.8 Å². The van der Waals surface area contributed by atoms with E-state index in [0.717, 1.165) is 44.0 Å². The van der Waals surface area contributed by atoms with Crippen molar-refractivity contribution in [1.29, 1.82) is 0 Å². The van der Waals surface area contributed by atoms with Crippen LogP contribution in [-0.2, 0) is 0 Å². The summed E-state index contributed by atoms with van der Waals surface area (Å²) in [7, 11) is 0. The molecule has 0 aromatic heterocycles. The Morgan fingerprint density at radius 1 is 1.12 bits per heavy atom. The zero-order valence-electron chi connectivity index (χ0n) is 9.62. The Labute approximate surface area is 106 Å². The Balaban J connectivity index is 1.92. The third-order valence-electron chi connectivity index (χ3n) is 3.19. The monoisotopic (exact) mass is 250 g/mol. The molecule has 17 heavy (non-hydrogen) atoms. The maximum atomic E-state index is 6.09. The third kappa shape index (κ3) is 2.27. The Hall–Kier alpha value is -1.15. The van der Waals surface area contributed by atoms with Crippen LogP contribution in [0.25, 0.3) is 5.57 Å². The second-order valence-corrected chi connectivity index (χ2v) is 5.02. The number of benzene rings is 1. The number of ether oxygens (including phenoxy) is 2. The van der Waals surface area contributed by atoms with Crippen LogP contribution in [-0.4, -0.2) is 18.6 Å². The lowest BCUT2D eigenvalue weighted by molar-refractivity contribution is 0.297. The quantitative estimate of drug-likeness (QED) is 0.709. The lowest BCUT2D eigenvalue weighted by Gasteiger charge is -2.09. The highest BCUT2D eigenvalue weighted by atomic mass is 35.5. The molecule has 2 aliphatic rings. The molecule has 0 amide bonds. The summed E-state index contributed by atoms with van der Waals surface area (Å²) >= 11 is 6.09. The first-order valence-corrected chi connectivity index (χ1v) is 6.51. The molecule has 1 aliphatic heterocycles. The molecule has 3 heteroatoms. The number of alkyl halides is 1.